The molecule has 0 spiro atoms. The Labute approximate surface area is 126 Å². The Morgan fingerprint density at radius 1 is 1.26 bits per heavy atom. The van der Waals surface area contributed by atoms with Gasteiger partial charge in [0, 0.05) is 13.1 Å². The SMILES string of the molecule is CNc1nc(Cl)nc(Oc2cc(F)c(Cl)cc2Br)n1. The predicted octanol–water partition coefficient (Wildman–Crippen LogP) is 3.91. The lowest BCUT2D eigenvalue weighted by atomic mass is 10.3. The van der Waals surface area contributed by atoms with E-state index in [1.165, 1.54) is 6.07 Å². The highest BCUT2D eigenvalue weighted by molar-refractivity contribution is 9.10. The van der Waals surface area contributed by atoms with Crippen molar-refractivity contribution in [3.05, 3.63) is 32.7 Å². The maximum absolute atomic E-state index is 13.4. The Kier molecular flexibility index (Phi) is 4.38. The Morgan fingerprint density at radius 3 is 2.68 bits per heavy atom. The van der Waals surface area contributed by atoms with Gasteiger partial charge in [0.25, 0.3) is 0 Å². The number of nitrogens with zero attached hydrogens (tertiary/aromatic N) is 3. The molecular weight excluding hydrogens is 362 g/mol. The number of hydrogen-bond acceptors (Lipinski definition) is 5. The standard InChI is InChI=1S/C10H6BrCl2FN4O/c1-15-9-16-8(13)17-10(18-9)19-7-3-6(14)5(12)2-4(7)11/h2-3H,1H3,(H,15,16,17,18). The van der Waals surface area contributed by atoms with Crippen molar-refractivity contribution in [2.24, 2.45) is 0 Å². The lowest BCUT2D eigenvalue weighted by molar-refractivity contribution is 0.434. The number of rotatable bonds is 3. The number of anilines is 1. The van der Waals surface area contributed by atoms with Crippen LogP contribution in [0.5, 0.6) is 11.8 Å². The molecule has 0 aliphatic rings. The van der Waals surface area contributed by atoms with Crippen LogP contribution >= 0.6 is 39.1 Å². The molecular formula is C10H6BrCl2FN4O. The normalized spacial score (nSPS) is 10.4. The summed E-state index contributed by atoms with van der Waals surface area (Å²) >= 11 is 14.5. The summed E-state index contributed by atoms with van der Waals surface area (Å²) in [5, 5.41) is 2.63. The van der Waals surface area contributed by atoms with Gasteiger partial charge in [-0.15, -0.1) is 0 Å². The van der Waals surface area contributed by atoms with Crippen molar-refractivity contribution in [3.63, 3.8) is 0 Å². The van der Waals surface area contributed by atoms with Crippen LogP contribution in [0.2, 0.25) is 10.3 Å². The summed E-state index contributed by atoms with van der Waals surface area (Å²) in [6, 6.07) is 2.42. The molecule has 0 saturated carbocycles. The maximum atomic E-state index is 13.4. The Hall–Kier alpha value is -1.18. The molecule has 100 valence electrons. The highest BCUT2D eigenvalue weighted by Crippen LogP contribution is 2.33. The van der Waals surface area contributed by atoms with Crippen LogP contribution < -0.4 is 10.1 Å². The van der Waals surface area contributed by atoms with Crippen LogP contribution in [0.25, 0.3) is 0 Å². The zero-order chi connectivity index (χ0) is 14.0. The van der Waals surface area contributed by atoms with Gasteiger partial charge in [-0.1, -0.05) is 11.6 Å². The number of aromatic nitrogens is 3. The smallest absolute Gasteiger partial charge is 0.328 e. The zero-order valence-corrected chi connectivity index (χ0v) is 12.5. The van der Waals surface area contributed by atoms with Crippen molar-refractivity contribution in [3.8, 4) is 11.8 Å². The fraction of sp³-hybridized carbons (Fsp3) is 0.100. The lowest BCUT2D eigenvalue weighted by Crippen LogP contribution is -2.01. The predicted molar refractivity (Wildman–Crippen MR) is 73.6 cm³/mol. The largest absolute Gasteiger partial charge is 0.423 e. The summed E-state index contributed by atoms with van der Waals surface area (Å²) < 4.78 is 19.2. The summed E-state index contributed by atoms with van der Waals surface area (Å²) in [5.41, 5.74) is 0. The van der Waals surface area contributed by atoms with Gasteiger partial charge in [-0.3, -0.25) is 0 Å². The van der Waals surface area contributed by atoms with Crippen LogP contribution in [0.3, 0.4) is 0 Å². The molecule has 0 aliphatic carbocycles. The Balaban J connectivity index is 2.36. The van der Waals surface area contributed by atoms with E-state index in [0.717, 1.165) is 6.07 Å². The highest BCUT2D eigenvalue weighted by atomic mass is 79.9. The van der Waals surface area contributed by atoms with Crippen molar-refractivity contribution < 1.29 is 9.13 Å². The maximum Gasteiger partial charge on any atom is 0.328 e. The molecule has 0 saturated heterocycles. The summed E-state index contributed by atoms with van der Waals surface area (Å²) in [6.45, 7) is 0. The molecule has 0 amide bonds. The second-order valence-corrected chi connectivity index (χ2v) is 4.86. The van der Waals surface area contributed by atoms with Crippen LogP contribution in [0.15, 0.2) is 16.6 Å². The van der Waals surface area contributed by atoms with Crippen molar-refractivity contribution >= 4 is 45.1 Å². The van der Waals surface area contributed by atoms with E-state index in [4.69, 9.17) is 27.9 Å². The van der Waals surface area contributed by atoms with Crippen LogP contribution in [0.4, 0.5) is 10.3 Å². The van der Waals surface area contributed by atoms with Crippen LogP contribution in [-0.2, 0) is 0 Å². The van der Waals surface area contributed by atoms with Gasteiger partial charge in [0.1, 0.15) is 11.6 Å². The van der Waals surface area contributed by atoms with Gasteiger partial charge < -0.3 is 10.1 Å². The minimum atomic E-state index is -0.617. The average molecular weight is 368 g/mol. The molecule has 9 heteroatoms. The Bertz CT molecular complexity index is 629. The van der Waals surface area contributed by atoms with E-state index in [1.54, 1.807) is 7.05 Å². The number of hydrogen-bond donors (Lipinski definition) is 1. The van der Waals surface area contributed by atoms with Gasteiger partial charge in [0.15, 0.2) is 0 Å². The summed E-state index contributed by atoms with van der Waals surface area (Å²) in [6.07, 6.45) is 0. The molecule has 19 heavy (non-hydrogen) atoms. The van der Waals surface area contributed by atoms with Crippen molar-refractivity contribution in [2.45, 2.75) is 0 Å². The molecule has 2 aromatic rings. The molecule has 1 N–H and O–H groups in total. The second-order valence-electron chi connectivity index (χ2n) is 3.26. The van der Waals surface area contributed by atoms with Gasteiger partial charge in [-0.2, -0.15) is 15.0 Å². The van der Waals surface area contributed by atoms with E-state index >= 15 is 0 Å². The van der Waals surface area contributed by atoms with Crippen molar-refractivity contribution in [1.82, 2.24) is 15.0 Å². The van der Waals surface area contributed by atoms with Crippen LogP contribution in [0, 0.1) is 5.82 Å². The fourth-order valence-electron chi connectivity index (χ4n) is 1.17. The molecule has 1 aromatic heterocycles. The van der Waals surface area contributed by atoms with Crippen LogP contribution in [-0.4, -0.2) is 22.0 Å². The first-order valence-corrected chi connectivity index (χ1v) is 6.46. The molecule has 1 heterocycles. The molecule has 0 bridgehead atoms. The summed E-state index contributed by atoms with van der Waals surface area (Å²) in [7, 11) is 1.62. The van der Waals surface area contributed by atoms with E-state index in [0.29, 0.717) is 4.47 Å². The third kappa shape index (κ3) is 3.43. The summed E-state index contributed by atoms with van der Waals surface area (Å²) in [5.74, 6) is -0.208. The molecule has 0 aliphatic heterocycles. The molecule has 0 fully saturated rings. The van der Waals surface area contributed by atoms with E-state index in [-0.39, 0.29) is 28.0 Å². The van der Waals surface area contributed by atoms with E-state index < -0.39 is 5.82 Å². The first-order chi connectivity index (χ1) is 8.99. The molecule has 5 nitrogen and oxygen atoms in total. The first-order valence-electron chi connectivity index (χ1n) is 4.91. The topological polar surface area (TPSA) is 59.9 Å². The molecule has 2 rings (SSSR count). The van der Waals surface area contributed by atoms with Crippen molar-refractivity contribution in [1.29, 1.82) is 0 Å². The van der Waals surface area contributed by atoms with Gasteiger partial charge in [-0.25, -0.2) is 4.39 Å². The number of benzene rings is 1. The second kappa shape index (κ2) is 5.85. The Morgan fingerprint density at radius 2 is 2.00 bits per heavy atom. The van der Waals surface area contributed by atoms with Crippen LogP contribution in [0.1, 0.15) is 0 Å². The summed E-state index contributed by atoms with van der Waals surface area (Å²) in [4.78, 5) is 11.5. The zero-order valence-electron chi connectivity index (χ0n) is 9.42. The van der Waals surface area contributed by atoms with Gasteiger partial charge >= 0.3 is 6.01 Å². The van der Waals surface area contributed by atoms with Gasteiger partial charge in [0.2, 0.25) is 11.2 Å². The quantitative estimate of drug-likeness (QED) is 0.833. The number of nitrogens with one attached hydrogen (secondary N) is 1. The lowest BCUT2D eigenvalue weighted by Gasteiger charge is -2.08. The van der Waals surface area contributed by atoms with Gasteiger partial charge in [0.05, 0.1) is 9.50 Å². The average Bonchev–Trinajstić information content (AvgIpc) is 2.35. The van der Waals surface area contributed by atoms with Crippen molar-refractivity contribution in [2.75, 3.05) is 12.4 Å². The minimum absolute atomic E-state index is 0.0242. The van der Waals surface area contributed by atoms with Gasteiger partial charge in [-0.05, 0) is 33.6 Å². The van der Waals surface area contributed by atoms with E-state index in [1.807, 2.05) is 0 Å². The molecule has 0 unspecified atom stereocenters. The third-order valence-electron chi connectivity index (χ3n) is 1.99. The minimum Gasteiger partial charge on any atom is -0.423 e. The van der Waals surface area contributed by atoms with E-state index in [2.05, 4.69) is 36.2 Å². The fourth-order valence-corrected chi connectivity index (χ4v) is 2.04. The number of ether oxygens (including phenoxy) is 1. The third-order valence-corrected chi connectivity index (χ3v) is 3.07. The molecule has 1 aromatic carbocycles. The monoisotopic (exact) mass is 366 g/mol. The molecule has 0 radical (unpaired) electrons. The van der Waals surface area contributed by atoms with E-state index in [9.17, 15) is 4.39 Å². The highest BCUT2D eigenvalue weighted by Gasteiger charge is 2.12. The molecule has 0 atom stereocenters. The number of halogens is 4. The first kappa shape index (κ1) is 14.2.